The molecule has 0 fully saturated rings. The summed E-state index contributed by atoms with van der Waals surface area (Å²) >= 11 is 3.23. The molecule has 0 spiro atoms. The number of amides is 1. The van der Waals surface area contributed by atoms with Crippen LogP contribution in [0.5, 0.6) is 0 Å². The van der Waals surface area contributed by atoms with E-state index in [0.29, 0.717) is 18.2 Å². The van der Waals surface area contributed by atoms with Crippen molar-refractivity contribution in [2.24, 2.45) is 5.92 Å². The van der Waals surface area contributed by atoms with Gasteiger partial charge in [0.15, 0.2) is 0 Å². The molecule has 3 nitrogen and oxygen atoms in total. The molecule has 0 aliphatic carbocycles. The van der Waals surface area contributed by atoms with Gasteiger partial charge >= 0.3 is 0 Å². The highest BCUT2D eigenvalue weighted by Crippen LogP contribution is 2.22. The average molecular weight is 273 g/mol. The third kappa shape index (κ3) is 6.71. The van der Waals surface area contributed by atoms with E-state index in [-0.39, 0.29) is 12.5 Å². The molecular weight excluding hydrogens is 254 g/mol. The van der Waals surface area contributed by atoms with E-state index in [1.54, 1.807) is 23.1 Å². The van der Waals surface area contributed by atoms with E-state index in [9.17, 15) is 4.79 Å². The molecule has 0 aromatic carbocycles. The highest BCUT2D eigenvalue weighted by molar-refractivity contribution is 8.01. The van der Waals surface area contributed by atoms with Crippen molar-refractivity contribution in [3.63, 3.8) is 0 Å². The van der Waals surface area contributed by atoms with E-state index < -0.39 is 0 Å². The minimum atomic E-state index is 0.0834. The average Bonchev–Trinajstić information content (AvgIpc) is 2.84. The molecule has 0 saturated carbocycles. The van der Waals surface area contributed by atoms with Gasteiger partial charge in [-0.05, 0) is 30.2 Å². The van der Waals surface area contributed by atoms with Crippen LogP contribution in [0.1, 0.15) is 19.8 Å². The van der Waals surface area contributed by atoms with Gasteiger partial charge in [-0.15, -0.1) is 23.1 Å². The van der Waals surface area contributed by atoms with Crippen molar-refractivity contribution in [2.45, 2.75) is 24.0 Å². The largest absolute Gasteiger partial charge is 0.396 e. The first-order chi connectivity index (χ1) is 8.22. The molecule has 0 aliphatic heterocycles. The predicted octanol–water partition coefficient (Wildman–Crippen LogP) is 2.37. The SMILES string of the molecule is CC(CO)CCCNC(=O)CSc1cccs1. The van der Waals surface area contributed by atoms with Gasteiger partial charge in [0.05, 0.1) is 9.96 Å². The number of aliphatic hydroxyl groups is 1. The van der Waals surface area contributed by atoms with Gasteiger partial charge in [0.2, 0.25) is 5.91 Å². The summed E-state index contributed by atoms with van der Waals surface area (Å²) in [5.74, 6) is 0.892. The molecule has 0 aliphatic rings. The Hall–Kier alpha value is -0.520. The Bertz CT molecular complexity index is 314. The minimum absolute atomic E-state index is 0.0834. The van der Waals surface area contributed by atoms with Crippen LogP contribution in [0.3, 0.4) is 0 Å². The smallest absolute Gasteiger partial charge is 0.230 e. The van der Waals surface area contributed by atoms with Gasteiger partial charge in [-0.1, -0.05) is 13.0 Å². The second kappa shape index (κ2) is 8.55. The van der Waals surface area contributed by atoms with Crippen LogP contribution < -0.4 is 5.32 Å². The highest BCUT2D eigenvalue weighted by Gasteiger charge is 2.04. The van der Waals surface area contributed by atoms with Gasteiger partial charge in [0.1, 0.15) is 0 Å². The highest BCUT2D eigenvalue weighted by atomic mass is 32.2. The van der Waals surface area contributed by atoms with Crippen LogP contribution >= 0.6 is 23.1 Å². The van der Waals surface area contributed by atoms with E-state index in [1.165, 1.54) is 4.21 Å². The lowest BCUT2D eigenvalue weighted by Crippen LogP contribution is -2.26. The lowest BCUT2D eigenvalue weighted by molar-refractivity contribution is -0.118. The Labute approximate surface area is 111 Å². The maximum absolute atomic E-state index is 11.5. The summed E-state index contributed by atoms with van der Waals surface area (Å²) in [5, 5.41) is 13.7. The third-order valence-electron chi connectivity index (χ3n) is 2.35. The first-order valence-corrected chi connectivity index (χ1v) is 7.62. The zero-order valence-corrected chi connectivity index (χ0v) is 11.6. The summed E-state index contributed by atoms with van der Waals surface area (Å²) in [6, 6.07) is 4.01. The Morgan fingerprint density at radius 2 is 2.47 bits per heavy atom. The molecule has 1 rings (SSSR count). The van der Waals surface area contributed by atoms with E-state index in [2.05, 4.69) is 5.32 Å². The lowest BCUT2D eigenvalue weighted by atomic mass is 10.1. The number of carbonyl (C=O) groups excluding carboxylic acids is 1. The number of carbonyl (C=O) groups is 1. The summed E-state index contributed by atoms with van der Waals surface area (Å²) in [6.45, 7) is 2.94. The quantitative estimate of drug-likeness (QED) is 0.565. The maximum Gasteiger partial charge on any atom is 0.230 e. The van der Waals surface area contributed by atoms with Crippen molar-refractivity contribution in [3.8, 4) is 0 Å². The van der Waals surface area contributed by atoms with Gasteiger partial charge in [-0.2, -0.15) is 0 Å². The van der Waals surface area contributed by atoms with Crippen molar-refractivity contribution >= 4 is 29.0 Å². The summed E-state index contributed by atoms with van der Waals surface area (Å²) in [6.07, 6.45) is 1.88. The van der Waals surface area contributed by atoms with Crippen molar-refractivity contribution in [1.29, 1.82) is 0 Å². The van der Waals surface area contributed by atoms with E-state index in [1.807, 2.05) is 24.4 Å². The van der Waals surface area contributed by atoms with Crippen LogP contribution in [0.25, 0.3) is 0 Å². The lowest BCUT2D eigenvalue weighted by Gasteiger charge is -2.08. The number of thiophene rings is 1. The fourth-order valence-electron chi connectivity index (χ4n) is 1.30. The number of aliphatic hydroxyl groups excluding tert-OH is 1. The van der Waals surface area contributed by atoms with Crippen LogP contribution in [-0.4, -0.2) is 29.9 Å². The van der Waals surface area contributed by atoms with E-state index >= 15 is 0 Å². The van der Waals surface area contributed by atoms with Crippen molar-refractivity contribution in [2.75, 3.05) is 18.9 Å². The molecule has 96 valence electrons. The van der Waals surface area contributed by atoms with Gasteiger partial charge in [-0.3, -0.25) is 4.79 Å². The summed E-state index contributed by atoms with van der Waals surface area (Å²) in [5.41, 5.74) is 0. The zero-order valence-electron chi connectivity index (χ0n) is 10.0. The first kappa shape index (κ1) is 14.5. The van der Waals surface area contributed by atoms with Crippen LogP contribution in [0.15, 0.2) is 21.7 Å². The molecule has 2 N–H and O–H groups in total. The predicted molar refractivity (Wildman–Crippen MR) is 73.5 cm³/mol. The molecule has 0 saturated heterocycles. The molecule has 1 heterocycles. The monoisotopic (exact) mass is 273 g/mol. The number of thioether (sulfide) groups is 1. The second-order valence-electron chi connectivity index (χ2n) is 4.00. The van der Waals surface area contributed by atoms with Crippen molar-refractivity contribution in [1.82, 2.24) is 5.32 Å². The molecule has 1 unspecified atom stereocenters. The standard InChI is InChI=1S/C12H19NO2S2/c1-10(8-14)4-2-6-13-11(15)9-17-12-5-3-7-16-12/h3,5,7,10,14H,2,4,6,8-9H2,1H3,(H,13,15). The molecule has 17 heavy (non-hydrogen) atoms. The molecule has 1 amide bonds. The van der Waals surface area contributed by atoms with Gasteiger partial charge in [0.25, 0.3) is 0 Å². The maximum atomic E-state index is 11.5. The number of hydrogen-bond donors (Lipinski definition) is 2. The second-order valence-corrected chi connectivity index (χ2v) is 6.22. The molecule has 5 heteroatoms. The van der Waals surface area contributed by atoms with Crippen LogP contribution in [0.4, 0.5) is 0 Å². The molecular formula is C12H19NO2S2. The van der Waals surface area contributed by atoms with Crippen molar-refractivity contribution < 1.29 is 9.90 Å². The summed E-state index contributed by atoms with van der Waals surface area (Å²) in [7, 11) is 0. The molecule has 1 aromatic rings. The van der Waals surface area contributed by atoms with Gasteiger partial charge in [-0.25, -0.2) is 0 Å². The Kier molecular flexibility index (Phi) is 7.32. The first-order valence-electron chi connectivity index (χ1n) is 5.76. The number of hydrogen-bond acceptors (Lipinski definition) is 4. The summed E-state index contributed by atoms with van der Waals surface area (Å²) in [4.78, 5) is 11.5. The third-order valence-corrected chi connectivity index (χ3v) is 4.48. The summed E-state index contributed by atoms with van der Waals surface area (Å²) < 4.78 is 1.18. The molecule has 0 radical (unpaired) electrons. The van der Waals surface area contributed by atoms with E-state index in [4.69, 9.17) is 5.11 Å². The van der Waals surface area contributed by atoms with Crippen LogP contribution in [-0.2, 0) is 4.79 Å². The number of nitrogens with one attached hydrogen (secondary N) is 1. The fraction of sp³-hybridized carbons (Fsp3) is 0.583. The minimum Gasteiger partial charge on any atom is -0.396 e. The van der Waals surface area contributed by atoms with Crippen LogP contribution in [0.2, 0.25) is 0 Å². The fourth-order valence-corrected chi connectivity index (χ4v) is 2.92. The molecule has 1 aromatic heterocycles. The Morgan fingerprint density at radius 3 is 3.12 bits per heavy atom. The topological polar surface area (TPSA) is 49.3 Å². The van der Waals surface area contributed by atoms with Gasteiger partial charge in [0, 0.05) is 13.2 Å². The number of rotatable bonds is 8. The van der Waals surface area contributed by atoms with Crippen molar-refractivity contribution in [3.05, 3.63) is 17.5 Å². The van der Waals surface area contributed by atoms with Crippen LogP contribution in [0, 0.1) is 5.92 Å². The van der Waals surface area contributed by atoms with Gasteiger partial charge < -0.3 is 10.4 Å². The zero-order chi connectivity index (χ0) is 12.5. The molecule has 1 atom stereocenters. The Balaban J connectivity index is 2.02. The van der Waals surface area contributed by atoms with E-state index in [0.717, 1.165) is 12.8 Å². The molecule has 0 bridgehead atoms. The Morgan fingerprint density at radius 1 is 1.65 bits per heavy atom. The normalized spacial score (nSPS) is 12.4.